The Morgan fingerprint density at radius 1 is 1.17 bits per heavy atom. The van der Waals surface area contributed by atoms with Gasteiger partial charge in [-0.2, -0.15) is 0 Å². The number of aryl methyl sites for hydroxylation is 1. The zero-order chi connectivity index (χ0) is 20.2. The van der Waals surface area contributed by atoms with E-state index in [0.717, 1.165) is 29.0 Å². The Bertz CT molecular complexity index is 978. The highest BCUT2D eigenvalue weighted by Crippen LogP contribution is 2.28. The summed E-state index contributed by atoms with van der Waals surface area (Å²) in [4.78, 5) is 17.0. The molecule has 2 heterocycles. The minimum Gasteiger partial charge on any atom is -0.497 e. The summed E-state index contributed by atoms with van der Waals surface area (Å²) in [6, 6.07) is 16.1. The van der Waals surface area contributed by atoms with E-state index in [1.807, 2.05) is 41.0 Å². The summed E-state index contributed by atoms with van der Waals surface area (Å²) in [7, 11) is 1.65. The lowest BCUT2D eigenvalue weighted by Gasteiger charge is -2.25. The first-order chi connectivity index (χ1) is 14.2. The fourth-order valence-corrected chi connectivity index (χ4v) is 3.50. The van der Waals surface area contributed by atoms with Crippen LogP contribution in [0.25, 0.3) is 0 Å². The molecule has 2 aromatic carbocycles. The Labute approximate surface area is 170 Å². The number of amides is 1. The molecule has 6 heteroatoms. The molecule has 0 radical (unpaired) electrons. The number of carbonyl (C=O) groups is 1. The highest BCUT2D eigenvalue weighted by atomic mass is 16.5. The van der Waals surface area contributed by atoms with Gasteiger partial charge in [0, 0.05) is 6.54 Å². The van der Waals surface area contributed by atoms with Crippen LogP contribution in [0.15, 0.2) is 54.9 Å². The molecule has 4 rings (SSSR count). The summed E-state index contributed by atoms with van der Waals surface area (Å²) in [5.41, 5.74) is 4.68. The number of benzene rings is 2. The van der Waals surface area contributed by atoms with Gasteiger partial charge < -0.3 is 19.4 Å². The van der Waals surface area contributed by atoms with E-state index >= 15 is 0 Å². The van der Waals surface area contributed by atoms with Crippen LogP contribution in [0, 0.1) is 0 Å². The molecule has 0 saturated carbocycles. The molecule has 0 spiro atoms. The minimum atomic E-state index is -0.176. The summed E-state index contributed by atoms with van der Waals surface area (Å²) in [5, 5.41) is 2.96. The van der Waals surface area contributed by atoms with Gasteiger partial charge in [0.1, 0.15) is 11.9 Å². The number of ether oxygens (including phenoxy) is 2. The average Bonchev–Trinajstić information content (AvgIpc) is 3.21. The van der Waals surface area contributed by atoms with Gasteiger partial charge in [0.25, 0.3) is 5.91 Å². The highest BCUT2D eigenvalue weighted by Gasteiger charge is 2.26. The molecule has 0 unspecified atom stereocenters. The Hall–Kier alpha value is -3.12. The summed E-state index contributed by atoms with van der Waals surface area (Å²) in [5.74, 6) is 0.640. The maximum absolute atomic E-state index is 12.6. The van der Waals surface area contributed by atoms with E-state index in [-0.39, 0.29) is 12.0 Å². The van der Waals surface area contributed by atoms with E-state index in [1.54, 1.807) is 13.4 Å². The topological polar surface area (TPSA) is 65.4 Å². The van der Waals surface area contributed by atoms with Crippen LogP contribution < -0.4 is 10.1 Å². The van der Waals surface area contributed by atoms with Gasteiger partial charge in [-0.1, -0.05) is 43.3 Å². The second kappa shape index (κ2) is 8.49. The van der Waals surface area contributed by atoms with E-state index in [2.05, 4.69) is 29.4 Å². The van der Waals surface area contributed by atoms with Gasteiger partial charge in [0.2, 0.25) is 0 Å². The first kappa shape index (κ1) is 19.2. The van der Waals surface area contributed by atoms with Gasteiger partial charge in [-0.05, 0) is 35.2 Å². The van der Waals surface area contributed by atoms with Crippen molar-refractivity contribution < 1.29 is 14.3 Å². The van der Waals surface area contributed by atoms with Crippen LogP contribution in [-0.4, -0.2) is 22.6 Å². The van der Waals surface area contributed by atoms with E-state index in [4.69, 9.17) is 9.47 Å². The molecule has 1 aliphatic rings. The molecule has 150 valence electrons. The lowest BCUT2D eigenvalue weighted by Crippen LogP contribution is -2.27. The molecule has 0 aliphatic carbocycles. The Morgan fingerprint density at radius 3 is 2.59 bits per heavy atom. The number of fused-ring (bicyclic) bond motifs is 1. The fraction of sp³-hybridized carbons (Fsp3) is 0.304. The molecular weight excluding hydrogens is 366 g/mol. The number of methoxy groups -OCH3 is 1. The predicted molar refractivity (Wildman–Crippen MR) is 110 cm³/mol. The number of rotatable bonds is 6. The second-order valence-electron chi connectivity index (χ2n) is 7.12. The number of aromatic nitrogens is 2. The number of hydrogen-bond donors (Lipinski definition) is 1. The lowest BCUT2D eigenvalue weighted by atomic mass is 10.1. The van der Waals surface area contributed by atoms with Crippen molar-refractivity contribution in [3.8, 4) is 5.75 Å². The summed E-state index contributed by atoms with van der Waals surface area (Å²) in [6.45, 7) is 3.58. The van der Waals surface area contributed by atoms with Crippen LogP contribution in [0.2, 0.25) is 0 Å². The minimum absolute atomic E-state index is 0.0735. The summed E-state index contributed by atoms with van der Waals surface area (Å²) >= 11 is 0. The predicted octanol–water partition coefficient (Wildman–Crippen LogP) is 3.66. The van der Waals surface area contributed by atoms with Gasteiger partial charge >= 0.3 is 0 Å². The van der Waals surface area contributed by atoms with Crippen LogP contribution in [0.3, 0.4) is 0 Å². The number of nitrogens with zero attached hydrogens (tertiary/aromatic N) is 2. The van der Waals surface area contributed by atoms with Crippen LogP contribution in [0.1, 0.15) is 45.9 Å². The van der Waals surface area contributed by atoms with Crippen LogP contribution >= 0.6 is 0 Å². The van der Waals surface area contributed by atoms with Crippen molar-refractivity contribution in [3.05, 3.63) is 82.9 Å². The molecule has 1 N–H and O–H groups in total. The van der Waals surface area contributed by atoms with Crippen molar-refractivity contribution in [2.24, 2.45) is 0 Å². The van der Waals surface area contributed by atoms with Gasteiger partial charge in [-0.3, -0.25) is 4.79 Å². The molecule has 29 heavy (non-hydrogen) atoms. The van der Waals surface area contributed by atoms with Crippen molar-refractivity contribution in [2.45, 2.75) is 39.1 Å². The molecule has 0 fully saturated rings. The zero-order valence-electron chi connectivity index (χ0n) is 16.7. The molecule has 1 aliphatic heterocycles. The molecule has 1 atom stereocenters. The van der Waals surface area contributed by atoms with Gasteiger partial charge in [0.05, 0.1) is 32.3 Å². The van der Waals surface area contributed by atoms with E-state index in [9.17, 15) is 4.79 Å². The molecule has 0 bridgehead atoms. The Morgan fingerprint density at radius 2 is 1.90 bits per heavy atom. The third-order valence-electron chi connectivity index (χ3n) is 5.32. The number of hydrogen-bond acceptors (Lipinski definition) is 4. The molecule has 6 nitrogen and oxygen atoms in total. The molecule has 0 saturated heterocycles. The van der Waals surface area contributed by atoms with Gasteiger partial charge in [-0.25, -0.2) is 4.98 Å². The normalized spacial score (nSPS) is 15.6. The lowest BCUT2D eigenvalue weighted by molar-refractivity contribution is 0.00255. The standard InChI is InChI=1S/C23H25N3O3/c1-3-16-4-6-17(7-5-16)12-24-23(27)22-20-14-29-21(13-26(20)15-25-22)18-8-10-19(28-2)11-9-18/h4-11,15,21H,3,12-14H2,1-2H3,(H,24,27)/t21-/m0/s1. The largest absolute Gasteiger partial charge is 0.497 e. The quantitative estimate of drug-likeness (QED) is 0.697. The second-order valence-corrected chi connectivity index (χ2v) is 7.12. The summed E-state index contributed by atoms with van der Waals surface area (Å²) < 4.78 is 13.2. The van der Waals surface area contributed by atoms with Crippen molar-refractivity contribution in [3.63, 3.8) is 0 Å². The molecular formula is C23H25N3O3. The van der Waals surface area contributed by atoms with Crippen molar-refractivity contribution in [1.82, 2.24) is 14.9 Å². The van der Waals surface area contributed by atoms with E-state index in [0.29, 0.717) is 25.4 Å². The van der Waals surface area contributed by atoms with Crippen LogP contribution in [0.5, 0.6) is 5.75 Å². The maximum atomic E-state index is 12.6. The first-order valence-corrected chi connectivity index (χ1v) is 9.83. The number of carbonyl (C=O) groups excluding carboxylic acids is 1. The molecule has 3 aromatic rings. The number of imidazole rings is 1. The third-order valence-corrected chi connectivity index (χ3v) is 5.32. The van der Waals surface area contributed by atoms with E-state index < -0.39 is 0 Å². The van der Waals surface area contributed by atoms with Crippen LogP contribution in [0.4, 0.5) is 0 Å². The van der Waals surface area contributed by atoms with Crippen molar-refractivity contribution in [2.75, 3.05) is 7.11 Å². The summed E-state index contributed by atoms with van der Waals surface area (Å²) in [6.07, 6.45) is 2.65. The van der Waals surface area contributed by atoms with Crippen molar-refractivity contribution in [1.29, 1.82) is 0 Å². The fourth-order valence-electron chi connectivity index (χ4n) is 3.50. The smallest absolute Gasteiger partial charge is 0.272 e. The average molecular weight is 391 g/mol. The third kappa shape index (κ3) is 4.17. The van der Waals surface area contributed by atoms with E-state index in [1.165, 1.54) is 5.56 Å². The van der Waals surface area contributed by atoms with Crippen LogP contribution in [-0.2, 0) is 30.9 Å². The Balaban J connectivity index is 1.40. The first-order valence-electron chi connectivity index (χ1n) is 9.83. The molecule has 1 aromatic heterocycles. The van der Waals surface area contributed by atoms with Crippen molar-refractivity contribution >= 4 is 5.91 Å². The van der Waals surface area contributed by atoms with Gasteiger partial charge in [0.15, 0.2) is 5.69 Å². The monoisotopic (exact) mass is 391 g/mol. The SMILES string of the molecule is CCc1ccc(CNC(=O)c2ncn3c2CO[C@H](c2ccc(OC)cc2)C3)cc1. The Kier molecular flexibility index (Phi) is 5.62. The van der Waals surface area contributed by atoms with Gasteiger partial charge in [-0.15, -0.1) is 0 Å². The zero-order valence-corrected chi connectivity index (χ0v) is 16.7. The molecule has 1 amide bonds. The highest BCUT2D eigenvalue weighted by molar-refractivity contribution is 5.93. The maximum Gasteiger partial charge on any atom is 0.272 e. The number of nitrogens with one attached hydrogen (secondary N) is 1.